The molecule has 1 atom stereocenters. The molecular formula is C14H17NO5. The molecule has 0 bridgehead atoms. The molecule has 0 radical (unpaired) electrons. The lowest BCUT2D eigenvalue weighted by Crippen LogP contribution is -2.40. The second-order valence-electron chi connectivity index (χ2n) is 4.37. The Bertz CT molecular complexity index is 472. The third-order valence-corrected chi connectivity index (χ3v) is 2.77. The number of hydrogen-bond donors (Lipinski definition) is 3. The maximum atomic E-state index is 11.8. The van der Waals surface area contributed by atoms with Crippen molar-refractivity contribution in [3.8, 4) is 0 Å². The van der Waals surface area contributed by atoms with Crippen LogP contribution in [0, 0.1) is 0 Å². The van der Waals surface area contributed by atoms with Crippen molar-refractivity contribution < 1.29 is 24.6 Å². The van der Waals surface area contributed by atoms with Crippen LogP contribution in [-0.2, 0) is 9.59 Å². The SMILES string of the molecule is O=C(O)CCCCC(NC(=O)c1ccccc1)C(=O)O. The lowest BCUT2D eigenvalue weighted by atomic mass is 10.1. The van der Waals surface area contributed by atoms with Gasteiger partial charge in [0.15, 0.2) is 0 Å². The van der Waals surface area contributed by atoms with Crippen LogP contribution in [0.3, 0.4) is 0 Å². The first-order valence-corrected chi connectivity index (χ1v) is 6.31. The zero-order valence-electron chi connectivity index (χ0n) is 10.9. The summed E-state index contributed by atoms with van der Waals surface area (Å²) < 4.78 is 0. The molecule has 0 aliphatic heterocycles. The molecule has 3 N–H and O–H groups in total. The average molecular weight is 279 g/mol. The quantitative estimate of drug-likeness (QED) is 0.626. The van der Waals surface area contributed by atoms with E-state index in [1.165, 1.54) is 0 Å². The van der Waals surface area contributed by atoms with Crippen molar-refractivity contribution in [1.29, 1.82) is 0 Å². The van der Waals surface area contributed by atoms with Crippen molar-refractivity contribution in [1.82, 2.24) is 5.32 Å². The molecule has 0 aromatic heterocycles. The fraction of sp³-hybridized carbons (Fsp3) is 0.357. The van der Waals surface area contributed by atoms with Crippen LogP contribution in [0.15, 0.2) is 30.3 Å². The molecule has 1 amide bonds. The van der Waals surface area contributed by atoms with E-state index < -0.39 is 23.9 Å². The van der Waals surface area contributed by atoms with Gasteiger partial charge in [0.05, 0.1) is 0 Å². The zero-order valence-corrected chi connectivity index (χ0v) is 10.9. The number of unbranched alkanes of at least 4 members (excludes halogenated alkanes) is 1. The number of nitrogens with one attached hydrogen (secondary N) is 1. The Hall–Kier alpha value is -2.37. The third kappa shape index (κ3) is 5.51. The predicted molar refractivity (Wildman–Crippen MR) is 71.4 cm³/mol. The summed E-state index contributed by atoms with van der Waals surface area (Å²) in [6.45, 7) is 0. The van der Waals surface area contributed by atoms with Crippen molar-refractivity contribution >= 4 is 17.8 Å². The minimum Gasteiger partial charge on any atom is -0.481 e. The number of carboxylic acids is 2. The van der Waals surface area contributed by atoms with Crippen molar-refractivity contribution in [3.63, 3.8) is 0 Å². The van der Waals surface area contributed by atoms with Gasteiger partial charge in [-0.05, 0) is 25.0 Å². The average Bonchev–Trinajstić information content (AvgIpc) is 2.42. The van der Waals surface area contributed by atoms with E-state index in [1.54, 1.807) is 30.3 Å². The van der Waals surface area contributed by atoms with Crippen LogP contribution in [0.4, 0.5) is 0 Å². The number of rotatable bonds is 8. The first-order chi connectivity index (χ1) is 9.50. The van der Waals surface area contributed by atoms with E-state index in [2.05, 4.69) is 5.32 Å². The van der Waals surface area contributed by atoms with Crippen LogP contribution in [0.25, 0.3) is 0 Å². The molecule has 0 spiro atoms. The minimum atomic E-state index is -1.12. The van der Waals surface area contributed by atoms with Gasteiger partial charge in [-0.15, -0.1) is 0 Å². The Balaban J connectivity index is 2.49. The lowest BCUT2D eigenvalue weighted by molar-refractivity contribution is -0.139. The van der Waals surface area contributed by atoms with Crippen molar-refractivity contribution in [3.05, 3.63) is 35.9 Å². The molecule has 1 rings (SSSR count). The summed E-state index contributed by atoms with van der Waals surface area (Å²) in [7, 11) is 0. The molecule has 1 aromatic carbocycles. The highest BCUT2D eigenvalue weighted by atomic mass is 16.4. The Labute approximate surface area is 116 Å². The fourth-order valence-corrected chi connectivity index (χ4v) is 1.71. The van der Waals surface area contributed by atoms with E-state index in [0.717, 1.165) is 0 Å². The van der Waals surface area contributed by atoms with Gasteiger partial charge in [-0.1, -0.05) is 24.6 Å². The Kier molecular flexibility index (Phi) is 6.22. The normalized spacial score (nSPS) is 11.6. The summed E-state index contributed by atoms with van der Waals surface area (Å²) in [6, 6.07) is 7.33. The number of hydrogen-bond acceptors (Lipinski definition) is 3. The predicted octanol–water partition coefficient (Wildman–Crippen LogP) is 1.51. The summed E-state index contributed by atoms with van der Waals surface area (Å²) in [5.74, 6) is -2.48. The van der Waals surface area contributed by atoms with Crippen LogP contribution in [0.2, 0.25) is 0 Å². The van der Waals surface area contributed by atoms with E-state index >= 15 is 0 Å². The number of amides is 1. The van der Waals surface area contributed by atoms with E-state index in [-0.39, 0.29) is 12.8 Å². The van der Waals surface area contributed by atoms with Gasteiger partial charge >= 0.3 is 11.9 Å². The van der Waals surface area contributed by atoms with E-state index in [0.29, 0.717) is 18.4 Å². The molecule has 0 saturated carbocycles. The monoisotopic (exact) mass is 279 g/mol. The number of aliphatic carboxylic acids is 2. The molecular weight excluding hydrogens is 262 g/mol. The topological polar surface area (TPSA) is 104 Å². The van der Waals surface area contributed by atoms with Crippen LogP contribution < -0.4 is 5.32 Å². The molecule has 0 fully saturated rings. The first-order valence-electron chi connectivity index (χ1n) is 6.31. The molecule has 6 heteroatoms. The number of carbonyl (C=O) groups excluding carboxylic acids is 1. The lowest BCUT2D eigenvalue weighted by Gasteiger charge is -2.14. The molecule has 108 valence electrons. The molecule has 20 heavy (non-hydrogen) atoms. The summed E-state index contributed by atoms with van der Waals surface area (Å²) in [6.07, 6.45) is 1.03. The molecule has 0 heterocycles. The van der Waals surface area contributed by atoms with Gasteiger partial charge in [0.25, 0.3) is 5.91 Å². The van der Waals surface area contributed by atoms with Crippen LogP contribution >= 0.6 is 0 Å². The summed E-state index contributed by atoms with van der Waals surface area (Å²) in [4.78, 5) is 33.2. The van der Waals surface area contributed by atoms with Gasteiger partial charge in [-0.25, -0.2) is 4.79 Å². The fourth-order valence-electron chi connectivity index (χ4n) is 1.71. The highest BCUT2D eigenvalue weighted by Crippen LogP contribution is 2.06. The largest absolute Gasteiger partial charge is 0.481 e. The Morgan fingerprint density at radius 2 is 1.70 bits per heavy atom. The maximum Gasteiger partial charge on any atom is 0.326 e. The Morgan fingerprint density at radius 1 is 1.05 bits per heavy atom. The molecule has 0 aliphatic carbocycles. The van der Waals surface area contributed by atoms with Crippen molar-refractivity contribution in [2.75, 3.05) is 0 Å². The van der Waals surface area contributed by atoms with E-state index in [4.69, 9.17) is 10.2 Å². The van der Waals surface area contributed by atoms with Crippen molar-refractivity contribution in [2.24, 2.45) is 0 Å². The summed E-state index contributed by atoms with van der Waals surface area (Å²) >= 11 is 0. The zero-order chi connectivity index (χ0) is 15.0. The highest BCUT2D eigenvalue weighted by Gasteiger charge is 2.20. The number of carbonyl (C=O) groups is 3. The Morgan fingerprint density at radius 3 is 2.25 bits per heavy atom. The van der Waals surface area contributed by atoms with Gasteiger partial charge < -0.3 is 15.5 Å². The molecule has 6 nitrogen and oxygen atoms in total. The van der Waals surface area contributed by atoms with Crippen LogP contribution in [0.1, 0.15) is 36.0 Å². The van der Waals surface area contributed by atoms with Crippen LogP contribution in [0.5, 0.6) is 0 Å². The highest BCUT2D eigenvalue weighted by molar-refractivity contribution is 5.96. The van der Waals surface area contributed by atoms with Crippen molar-refractivity contribution in [2.45, 2.75) is 31.7 Å². The molecule has 1 aromatic rings. The van der Waals surface area contributed by atoms with Gasteiger partial charge in [0, 0.05) is 12.0 Å². The molecule has 0 saturated heterocycles. The smallest absolute Gasteiger partial charge is 0.326 e. The van der Waals surface area contributed by atoms with Gasteiger partial charge in [0.2, 0.25) is 0 Å². The number of benzene rings is 1. The van der Waals surface area contributed by atoms with Gasteiger partial charge in [-0.2, -0.15) is 0 Å². The second-order valence-corrected chi connectivity index (χ2v) is 4.37. The number of carboxylic acid groups (broad SMARTS) is 2. The van der Waals surface area contributed by atoms with E-state index in [9.17, 15) is 14.4 Å². The summed E-state index contributed by atoms with van der Waals surface area (Å²) in [5, 5.41) is 20.0. The summed E-state index contributed by atoms with van der Waals surface area (Å²) in [5.41, 5.74) is 0.393. The first kappa shape index (κ1) is 15.7. The van der Waals surface area contributed by atoms with Gasteiger partial charge in [-0.3, -0.25) is 9.59 Å². The molecule has 1 unspecified atom stereocenters. The minimum absolute atomic E-state index is 0.00102. The molecule has 0 aliphatic rings. The second kappa shape index (κ2) is 7.93. The van der Waals surface area contributed by atoms with Gasteiger partial charge in [0.1, 0.15) is 6.04 Å². The third-order valence-electron chi connectivity index (χ3n) is 2.77. The maximum absolute atomic E-state index is 11.8. The van der Waals surface area contributed by atoms with E-state index in [1.807, 2.05) is 0 Å². The standard InChI is InChI=1S/C14H17NO5/c16-12(17)9-5-4-8-11(14(19)20)15-13(18)10-6-2-1-3-7-10/h1-3,6-7,11H,4-5,8-9H2,(H,15,18)(H,16,17)(H,19,20). The van der Waals surface area contributed by atoms with Crippen LogP contribution in [-0.4, -0.2) is 34.1 Å².